The van der Waals surface area contributed by atoms with Crippen LogP contribution in [0.5, 0.6) is 0 Å². The van der Waals surface area contributed by atoms with E-state index in [9.17, 15) is 0 Å². The third kappa shape index (κ3) is 3.97. The third-order valence-corrected chi connectivity index (χ3v) is 12.3. The number of hydrogen-bond donors (Lipinski definition) is 0. The second-order valence-corrected chi connectivity index (χ2v) is 15.2. The molecular formula is C52H37N. The molecule has 0 bridgehead atoms. The summed E-state index contributed by atoms with van der Waals surface area (Å²) in [6.45, 7) is 4.76. The predicted octanol–water partition coefficient (Wildman–Crippen LogP) is 13.5. The van der Waals surface area contributed by atoms with Gasteiger partial charge >= 0.3 is 0 Å². The maximum Gasteiger partial charge on any atom is 0.0726 e. The fourth-order valence-electron chi connectivity index (χ4n) is 10.0. The molecule has 0 saturated heterocycles. The highest BCUT2D eigenvalue weighted by atomic mass is 15.2. The van der Waals surface area contributed by atoms with Crippen molar-refractivity contribution in [3.05, 3.63) is 221 Å². The molecular weight excluding hydrogens is 639 g/mol. The Bertz CT molecular complexity index is 2700. The number of fused-ring (bicyclic) bond motifs is 14. The largest absolute Gasteiger partial charge is 0.309 e. The highest BCUT2D eigenvalue weighted by Gasteiger charge is 2.51. The van der Waals surface area contributed by atoms with Gasteiger partial charge in [0.2, 0.25) is 0 Å². The van der Waals surface area contributed by atoms with Crippen molar-refractivity contribution in [3.8, 4) is 44.5 Å². The van der Waals surface area contributed by atoms with Crippen LogP contribution in [0.2, 0.25) is 0 Å². The first-order chi connectivity index (χ1) is 26.1. The minimum atomic E-state index is -0.525. The average molecular weight is 676 g/mol. The molecule has 1 nitrogen and oxygen atoms in total. The van der Waals surface area contributed by atoms with Crippen LogP contribution in [0.4, 0.5) is 17.1 Å². The molecule has 0 unspecified atom stereocenters. The summed E-state index contributed by atoms with van der Waals surface area (Å²) in [5.74, 6) is 0. The molecule has 1 aliphatic heterocycles. The lowest BCUT2D eigenvalue weighted by Crippen LogP contribution is -2.31. The van der Waals surface area contributed by atoms with Crippen LogP contribution >= 0.6 is 0 Å². The van der Waals surface area contributed by atoms with Gasteiger partial charge in [-0.05, 0) is 96.6 Å². The monoisotopic (exact) mass is 675 g/mol. The zero-order valence-electron chi connectivity index (χ0n) is 29.8. The third-order valence-electron chi connectivity index (χ3n) is 12.3. The molecule has 1 spiro atoms. The van der Waals surface area contributed by atoms with E-state index in [1.165, 1.54) is 95.0 Å². The topological polar surface area (TPSA) is 3.24 Å². The van der Waals surface area contributed by atoms with Gasteiger partial charge < -0.3 is 4.90 Å². The summed E-state index contributed by atoms with van der Waals surface area (Å²) in [6.07, 6.45) is 0. The zero-order chi connectivity index (χ0) is 35.3. The Balaban J connectivity index is 1.25. The van der Waals surface area contributed by atoms with Crippen molar-refractivity contribution in [1.29, 1.82) is 0 Å². The van der Waals surface area contributed by atoms with Crippen molar-refractivity contribution in [2.75, 3.05) is 4.90 Å². The van der Waals surface area contributed by atoms with Crippen LogP contribution in [0.3, 0.4) is 0 Å². The molecule has 8 aromatic carbocycles. The van der Waals surface area contributed by atoms with E-state index >= 15 is 0 Å². The highest BCUT2D eigenvalue weighted by molar-refractivity contribution is 6.02. The number of anilines is 3. The molecule has 0 atom stereocenters. The molecule has 1 heterocycles. The van der Waals surface area contributed by atoms with E-state index < -0.39 is 5.41 Å². The summed E-state index contributed by atoms with van der Waals surface area (Å²) in [5.41, 5.74) is 21.1. The van der Waals surface area contributed by atoms with Crippen molar-refractivity contribution in [1.82, 2.24) is 0 Å². The molecule has 0 saturated carbocycles. The van der Waals surface area contributed by atoms with Crippen LogP contribution < -0.4 is 4.90 Å². The summed E-state index contributed by atoms with van der Waals surface area (Å²) < 4.78 is 0. The second kappa shape index (κ2) is 11.0. The van der Waals surface area contributed by atoms with Crippen molar-refractivity contribution >= 4 is 17.1 Å². The van der Waals surface area contributed by atoms with E-state index in [4.69, 9.17) is 0 Å². The molecule has 0 N–H and O–H groups in total. The summed E-state index contributed by atoms with van der Waals surface area (Å²) in [7, 11) is 0. The molecule has 3 aliphatic rings. The van der Waals surface area contributed by atoms with Crippen LogP contribution in [0.25, 0.3) is 44.5 Å². The van der Waals surface area contributed by atoms with Crippen LogP contribution in [0, 0.1) is 0 Å². The fourth-order valence-corrected chi connectivity index (χ4v) is 10.0. The Hall–Kier alpha value is -6.44. The van der Waals surface area contributed by atoms with E-state index in [2.05, 4.69) is 207 Å². The van der Waals surface area contributed by atoms with Gasteiger partial charge in [-0.1, -0.05) is 178 Å². The van der Waals surface area contributed by atoms with E-state index in [0.29, 0.717) is 0 Å². The molecule has 8 aromatic rings. The normalized spacial score (nSPS) is 14.9. The molecule has 53 heavy (non-hydrogen) atoms. The first-order valence-corrected chi connectivity index (χ1v) is 18.7. The molecule has 0 radical (unpaired) electrons. The van der Waals surface area contributed by atoms with Gasteiger partial charge in [0.1, 0.15) is 0 Å². The average Bonchev–Trinajstić information content (AvgIpc) is 3.47. The van der Waals surface area contributed by atoms with Crippen LogP contribution in [0.1, 0.15) is 47.2 Å². The minimum absolute atomic E-state index is 0.199. The molecule has 250 valence electrons. The Kier molecular flexibility index (Phi) is 6.29. The van der Waals surface area contributed by atoms with Crippen molar-refractivity contribution < 1.29 is 0 Å². The fraction of sp³-hybridized carbons (Fsp3) is 0.0769. The quantitative estimate of drug-likeness (QED) is 0.176. The van der Waals surface area contributed by atoms with Crippen LogP contribution in [-0.4, -0.2) is 0 Å². The molecule has 1 heteroatoms. The lowest BCUT2D eigenvalue weighted by atomic mass is 9.66. The van der Waals surface area contributed by atoms with Crippen molar-refractivity contribution in [3.63, 3.8) is 0 Å². The smallest absolute Gasteiger partial charge is 0.0726 e. The summed E-state index contributed by atoms with van der Waals surface area (Å²) in [5, 5.41) is 0. The van der Waals surface area contributed by atoms with E-state index in [-0.39, 0.29) is 5.41 Å². The molecule has 0 amide bonds. The minimum Gasteiger partial charge on any atom is -0.309 e. The summed E-state index contributed by atoms with van der Waals surface area (Å²) in [6, 6.07) is 70.4. The van der Waals surface area contributed by atoms with Gasteiger partial charge in [0.05, 0.1) is 22.5 Å². The SMILES string of the molecule is CC1(C)c2ccccc2N(c2cccc3c2-c2ccccc2C32c3ccccc3-c3ccccc3-c3ccccc32)c2ccc(-c3ccccc3)cc21. The maximum atomic E-state index is 2.56. The van der Waals surface area contributed by atoms with Gasteiger partial charge in [0.15, 0.2) is 0 Å². The van der Waals surface area contributed by atoms with Gasteiger partial charge in [0, 0.05) is 11.0 Å². The van der Waals surface area contributed by atoms with Crippen molar-refractivity contribution in [2.24, 2.45) is 0 Å². The highest BCUT2D eigenvalue weighted by Crippen LogP contribution is 2.64. The number of para-hydroxylation sites is 1. The van der Waals surface area contributed by atoms with Crippen LogP contribution in [0.15, 0.2) is 188 Å². The summed E-state index contributed by atoms with van der Waals surface area (Å²) >= 11 is 0. The first kappa shape index (κ1) is 30.2. The number of benzene rings is 8. The van der Waals surface area contributed by atoms with Gasteiger partial charge in [-0.25, -0.2) is 0 Å². The molecule has 0 fully saturated rings. The number of nitrogens with zero attached hydrogens (tertiary/aromatic N) is 1. The summed E-state index contributed by atoms with van der Waals surface area (Å²) in [4.78, 5) is 2.56. The Morgan fingerprint density at radius 3 is 1.45 bits per heavy atom. The van der Waals surface area contributed by atoms with Gasteiger partial charge in [-0.15, -0.1) is 0 Å². The first-order valence-electron chi connectivity index (χ1n) is 18.7. The molecule has 0 aromatic heterocycles. The van der Waals surface area contributed by atoms with E-state index in [1.807, 2.05) is 0 Å². The Labute approximate surface area is 311 Å². The standard InChI is InChI=1S/C52H37N/c1-51(2)44-27-14-15-29-47(44)53(48-32-31-35(33-46(48)51)34-17-4-3-5-18-34)49-30-16-28-45-50(49)40-23-10-13-26-43(40)52(45)41-24-11-8-21-38(41)36-19-6-7-20-37(36)39-22-9-12-25-42(39)52/h3-33H,1-2H3. The lowest BCUT2D eigenvalue weighted by Gasteiger charge is -2.43. The van der Waals surface area contributed by atoms with E-state index in [1.54, 1.807) is 0 Å². The Morgan fingerprint density at radius 2 is 0.792 bits per heavy atom. The molecule has 11 rings (SSSR count). The number of hydrogen-bond acceptors (Lipinski definition) is 1. The van der Waals surface area contributed by atoms with Gasteiger partial charge in [-0.2, -0.15) is 0 Å². The Morgan fingerprint density at radius 1 is 0.321 bits per heavy atom. The van der Waals surface area contributed by atoms with Crippen LogP contribution in [-0.2, 0) is 10.8 Å². The predicted molar refractivity (Wildman–Crippen MR) is 220 cm³/mol. The molecule has 2 aliphatic carbocycles. The van der Waals surface area contributed by atoms with E-state index in [0.717, 1.165) is 0 Å². The zero-order valence-corrected chi connectivity index (χ0v) is 29.8. The van der Waals surface area contributed by atoms with Gasteiger partial charge in [-0.3, -0.25) is 0 Å². The number of rotatable bonds is 2. The van der Waals surface area contributed by atoms with Crippen molar-refractivity contribution in [2.45, 2.75) is 24.7 Å². The second-order valence-electron chi connectivity index (χ2n) is 15.2. The van der Waals surface area contributed by atoms with Gasteiger partial charge in [0.25, 0.3) is 0 Å². The lowest BCUT2D eigenvalue weighted by molar-refractivity contribution is 0.632. The maximum absolute atomic E-state index is 2.56.